The van der Waals surface area contributed by atoms with Gasteiger partial charge in [0.15, 0.2) is 11.5 Å². The number of likely N-dealkylation sites (tertiary alicyclic amines) is 1. The minimum Gasteiger partial charge on any atom is -0.332 e. The van der Waals surface area contributed by atoms with E-state index in [0.717, 1.165) is 35.9 Å². The number of nitrogens with zero attached hydrogens (tertiary/aromatic N) is 6. The van der Waals surface area contributed by atoms with Crippen LogP contribution in [0.15, 0.2) is 35.0 Å². The van der Waals surface area contributed by atoms with Crippen LogP contribution in [0, 0.1) is 5.92 Å². The average Bonchev–Trinajstić information content (AvgIpc) is 3.28. The van der Waals surface area contributed by atoms with E-state index in [2.05, 4.69) is 32.4 Å². The second-order valence-corrected chi connectivity index (χ2v) is 7.33. The van der Waals surface area contributed by atoms with Gasteiger partial charge in [0, 0.05) is 11.4 Å². The van der Waals surface area contributed by atoms with E-state index in [9.17, 15) is 0 Å². The maximum Gasteiger partial charge on any atom is 0.280 e. The van der Waals surface area contributed by atoms with Crippen LogP contribution in [-0.2, 0) is 13.0 Å². The molecule has 3 aromatic rings. The van der Waals surface area contributed by atoms with E-state index in [1.807, 2.05) is 30.5 Å². The number of piperidine rings is 1. The van der Waals surface area contributed by atoms with Crippen molar-refractivity contribution in [1.82, 2.24) is 30.0 Å². The first kappa shape index (κ1) is 17.2. The van der Waals surface area contributed by atoms with Crippen LogP contribution in [0.25, 0.3) is 11.6 Å². The molecule has 0 bridgehead atoms. The largest absolute Gasteiger partial charge is 0.332 e. The molecule has 1 aliphatic rings. The third-order valence-electron chi connectivity index (χ3n) is 4.79. The number of rotatable bonds is 5. The van der Waals surface area contributed by atoms with Crippen LogP contribution >= 0.6 is 11.6 Å². The molecule has 0 amide bonds. The van der Waals surface area contributed by atoms with Crippen LogP contribution in [0.3, 0.4) is 0 Å². The van der Waals surface area contributed by atoms with Crippen LogP contribution in [0.5, 0.6) is 0 Å². The lowest BCUT2D eigenvalue weighted by molar-refractivity contribution is 0.216. The van der Waals surface area contributed by atoms with Crippen molar-refractivity contribution in [2.24, 2.45) is 5.92 Å². The maximum absolute atomic E-state index is 5.91. The van der Waals surface area contributed by atoms with E-state index in [4.69, 9.17) is 16.1 Å². The molecule has 4 rings (SSSR count). The first-order valence-electron chi connectivity index (χ1n) is 8.82. The van der Waals surface area contributed by atoms with Gasteiger partial charge in [0.2, 0.25) is 0 Å². The third kappa shape index (κ3) is 4.11. The summed E-state index contributed by atoms with van der Waals surface area (Å²) in [7, 11) is 2.16. The van der Waals surface area contributed by atoms with Crippen LogP contribution < -0.4 is 0 Å². The van der Waals surface area contributed by atoms with Crippen molar-refractivity contribution >= 4 is 11.6 Å². The van der Waals surface area contributed by atoms with E-state index in [0.29, 0.717) is 24.0 Å². The Labute approximate surface area is 157 Å². The fraction of sp³-hybridized carbons (Fsp3) is 0.444. The van der Waals surface area contributed by atoms with Crippen molar-refractivity contribution in [1.29, 1.82) is 0 Å². The molecule has 136 valence electrons. The molecule has 0 radical (unpaired) electrons. The van der Waals surface area contributed by atoms with Crippen molar-refractivity contribution in [2.75, 3.05) is 20.1 Å². The third-order valence-corrected chi connectivity index (χ3v) is 5.05. The first-order chi connectivity index (χ1) is 12.7. The summed E-state index contributed by atoms with van der Waals surface area (Å²) < 4.78 is 7.14. The Morgan fingerprint density at radius 3 is 2.73 bits per heavy atom. The highest BCUT2D eigenvalue weighted by molar-refractivity contribution is 6.30. The van der Waals surface area contributed by atoms with Crippen molar-refractivity contribution in [3.05, 3.63) is 46.9 Å². The van der Waals surface area contributed by atoms with Gasteiger partial charge in [-0.2, -0.15) is 4.98 Å². The molecule has 0 spiro atoms. The van der Waals surface area contributed by atoms with Crippen molar-refractivity contribution < 1.29 is 4.52 Å². The topological polar surface area (TPSA) is 72.9 Å². The van der Waals surface area contributed by atoms with Gasteiger partial charge < -0.3 is 9.42 Å². The number of benzene rings is 1. The molecule has 0 N–H and O–H groups in total. The monoisotopic (exact) mass is 372 g/mol. The smallest absolute Gasteiger partial charge is 0.280 e. The number of hydrogen-bond acceptors (Lipinski definition) is 6. The maximum atomic E-state index is 5.91. The summed E-state index contributed by atoms with van der Waals surface area (Å²) in [5, 5.41) is 13.1. The average molecular weight is 373 g/mol. The quantitative estimate of drug-likeness (QED) is 0.685. The summed E-state index contributed by atoms with van der Waals surface area (Å²) in [6.45, 7) is 2.88. The summed E-state index contributed by atoms with van der Waals surface area (Å²) in [6, 6.07) is 7.66. The number of aromatic nitrogens is 5. The fourth-order valence-corrected chi connectivity index (χ4v) is 3.34. The highest BCUT2D eigenvalue weighted by atomic mass is 35.5. The van der Waals surface area contributed by atoms with Crippen LogP contribution in [0.1, 0.15) is 24.2 Å². The SMILES string of the molecule is CN1CCC(Cc2noc(-c3cn(Cc4ccc(Cl)cc4)nn3)n2)CC1. The molecule has 7 nitrogen and oxygen atoms in total. The number of halogens is 1. The Bertz CT molecular complexity index is 851. The normalized spacial score (nSPS) is 16.2. The Morgan fingerprint density at radius 1 is 1.19 bits per heavy atom. The van der Waals surface area contributed by atoms with Gasteiger partial charge in [-0.25, -0.2) is 4.68 Å². The van der Waals surface area contributed by atoms with Crippen molar-refractivity contribution in [3.8, 4) is 11.6 Å². The Balaban J connectivity index is 1.40. The van der Waals surface area contributed by atoms with Crippen LogP contribution in [-0.4, -0.2) is 50.2 Å². The molecule has 1 saturated heterocycles. The summed E-state index contributed by atoms with van der Waals surface area (Å²) in [5.74, 6) is 1.80. The van der Waals surface area contributed by atoms with E-state index in [-0.39, 0.29) is 0 Å². The van der Waals surface area contributed by atoms with Gasteiger partial charge in [-0.1, -0.05) is 34.1 Å². The minimum absolute atomic E-state index is 0.426. The molecule has 26 heavy (non-hydrogen) atoms. The van der Waals surface area contributed by atoms with Gasteiger partial charge in [-0.15, -0.1) is 5.10 Å². The van der Waals surface area contributed by atoms with Crippen LogP contribution in [0.2, 0.25) is 5.02 Å². The summed E-state index contributed by atoms with van der Waals surface area (Å²) in [4.78, 5) is 6.86. The van der Waals surface area contributed by atoms with Gasteiger partial charge in [-0.3, -0.25) is 0 Å². The minimum atomic E-state index is 0.426. The Morgan fingerprint density at radius 2 is 1.96 bits per heavy atom. The predicted octanol–water partition coefficient (Wildman–Crippen LogP) is 2.91. The lowest BCUT2D eigenvalue weighted by atomic mass is 9.94. The van der Waals surface area contributed by atoms with Crippen molar-refractivity contribution in [3.63, 3.8) is 0 Å². The molecule has 0 atom stereocenters. The molecule has 2 aromatic heterocycles. The predicted molar refractivity (Wildman–Crippen MR) is 97.8 cm³/mol. The standard InChI is InChI=1S/C18H21ClN6O/c1-24-8-6-13(7-9-24)10-17-20-18(26-22-17)16-12-25(23-21-16)11-14-2-4-15(19)5-3-14/h2-5,12-13H,6-11H2,1H3. The summed E-state index contributed by atoms with van der Waals surface area (Å²) in [5.41, 5.74) is 1.69. The lowest BCUT2D eigenvalue weighted by Gasteiger charge is -2.27. The van der Waals surface area contributed by atoms with Gasteiger partial charge in [0.25, 0.3) is 5.89 Å². The molecule has 1 fully saturated rings. The highest BCUT2D eigenvalue weighted by Crippen LogP contribution is 2.21. The lowest BCUT2D eigenvalue weighted by Crippen LogP contribution is -2.31. The molecular weight excluding hydrogens is 352 g/mol. The Hall–Kier alpha value is -2.25. The fourth-order valence-electron chi connectivity index (χ4n) is 3.22. The summed E-state index contributed by atoms with van der Waals surface area (Å²) >= 11 is 5.91. The van der Waals surface area contributed by atoms with E-state index >= 15 is 0 Å². The summed E-state index contributed by atoms with van der Waals surface area (Å²) in [6.07, 6.45) is 5.03. The molecule has 1 aliphatic heterocycles. The second kappa shape index (κ2) is 7.55. The first-order valence-corrected chi connectivity index (χ1v) is 9.19. The second-order valence-electron chi connectivity index (χ2n) is 6.89. The zero-order valence-corrected chi connectivity index (χ0v) is 15.4. The molecule has 0 unspecified atom stereocenters. The van der Waals surface area contributed by atoms with E-state index < -0.39 is 0 Å². The van der Waals surface area contributed by atoms with Gasteiger partial charge >= 0.3 is 0 Å². The van der Waals surface area contributed by atoms with Gasteiger partial charge in [0.05, 0.1) is 12.7 Å². The molecule has 3 heterocycles. The number of hydrogen-bond donors (Lipinski definition) is 0. The molecule has 8 heteroatoms. The molecule has 1 aromatic carbocycles. The van der Waals surface area contributed by atoms with Gasteiger partial charge in [-0.05, 0) is 56.6 Å². The molecule has 0 saturated carbocycles. The van der Waals surface area contributed by atoms with Gasteiger partial charge in [0.1, 0.15) is 0 Å². The Kier molecular flexibility index (Phi) is 4.99. The van der Waals surface area contributed by atoms with Crippen molar-refractivity contribution in [2.45, 2.75) is 25.8 Å². The molecular formula is C18H21ClN6O. The zero-order valence-electron chi connectivity index (χ0n) is 14.7. The zero-order chi connectivity index (χ0) is 17.9. The van der Waals surface area contributed by atoms with Crippen LogP contribution in [0.4, 0.5) is 0 Å². The van der Waals surface area contributed by atoms with E-state index in [1.165, 1.54) is 12.8 Å². The van der Waals surface area contributed by atoms with E-state index in [1.54, 1.807) is 4.68 Å². The molecule has 0 aliphatic carbocycles. The highest BCUT2D eigenvalue weighted by Gasteiger charge is 2.20.